The molecule has 2 heterocycles. The van der Waals surface area contributed by atoms with Crippen LogP contribution in [0.1, 0.15) is 5.56 Å². The van der Waals surface area contributed by atoms with Gasteiger partial charge in [0.1, 0.15) is 0 Å². The van der Waals surface area contributed by atoms with E-state index >= 15 is 0 Å². The predicted octanol–water partition coefficient (Wildman–Crippen LogP) is 3.83. The fourth-order valence-corrected chi connectivity index (χ4v) is 2.98. The van der Waals surface area contributed by atoms with E-state index in [2.05, 4.69) is 25.7 Å². The summed E-state index contributed by atoms with van der Waals surface area (Å²) in [6.07, 6.45) is 0. The SMILES string of the molecule is Cc1cccc(-c2nnc(SCC(=O)Nc3nnc(-c4ccccc4)o3)o2)c1. The largest absolute Gasteiger partial charge is 0.411 e. The van der Waals surface area contributed by atoms with Crippen molar-refractivity contribution in [3.8, 4) is 22.9 Å². The number of hydrogen-bond acceptors (Lipinski definition) is 8. The van der Waals surface area contributed by atoms with Crippen molar-refractivity contribution in [2.45, 2.75) is 12.1 Å². The van der Waals surface area contributed by atoms with Crippen molar-refractivity contribution in [1.82, 2.24) is 20.4 Å². The first kappa shape index (κ1) is 17.9. The molecule has 2 aromatic heterocycles. The fraction of sp³-hybridized carbons (Fsp3) is 0.105. The van der Waals surface area contributed by atoms with Gasteiger partial charge in [0, 0.05) is 11.1 Å². The summed E-state index contributed by atoms with van der Waals surface area (Å²) in [6.45, 7) is 1.99. The van der Waals surface area contributed by atoms with Crippen molar-refractivity contribution in [3.05, 3.63) is 60.2 Å². The van der Waals surface area contributed by atoms with Gasteiger partial charge in [0.15, 0.2) is 0 Å². The minimum Gasteiger partial charge on any atom is -0.411 e. The van der Waals surface area contributed by atoms with Gasteiger partial charge in [-0.1, -0.05) is 52.8 Å². The van der Waals surface area contributed by atoms with Crippen LogP contribution in [0.2, 0.25) is 0 Å². The molecule has 0 aliphatic rings. The van der Waals surface area contributed by atoms with Crippen LogP contribution in [0.3, 0.4) is 0 Å². The van der Waals surface area contributed by atoms with E-state index in [0.29, 0.717) is 17.0 Å². The van der Waals surface area contributed by atoms with Gasteiger partial charge in [-0.15, -0.1) is 15.3 Å². The quantitative estimate of drug-likeness (QED) is 0.493. The Kier molecular flexibility index (Phi) is 5.16. The van der Waals surface area contributed by atoms with Crippen LogP contribution in [-0.4, -0.2) is 32.1 Å². The molecule has 0 bridgehead atoms. The smallest absolute Gasteiger partial charge is 0.322 e. The zero-order chi connectivity index (χ0) is 19.3. The number of carbonyl (C=O) groups excluding carboxylic acids is 1. The lowest BCUT2D eigenvalue weighted by Crippen LogP contribution is -2.14. The molecule has 1 N–H and O–H groups in total. The number of nitrogens with zero attached hydrogens (tertiary/aromatic N) is 4. The van der Waals surface area contributed by atoms with Gasteiger partial charge in [-0.25, -0.2) is 0 Å². The van der Waals surface area contributed by atoms with Crippen LogP contribution in [0.25, 0.3) is 22.9 Å². The maximum atomic E-state index is 12.1. The normalized spacial score (nSPS) is 10.8. The Morgan fingerprint density at radius 1 is 0.929 bits per heavy atom. The fourth-order valence-electron chi connectivity index (χ4n) is 2.42. The molecule has 0 unspecified atom stereocenters. The Bertz CT molecular complexity index is 1090. The number of benzene rings is 2. The van der Waals surface area contributed by atoms with E-state index in [-0.39, 0.29) is 17.7 Å². The number of carbonyl (C=O) groups is 1. The van der Waals surface area contributed by atoms with E-state index in [1.807, 2.05) is 61.5 Å². The number of anilines is 1. The molecule has 0 spiro atoms. The van der Waals surface area contributed by atoms with Gasteiger partial charge in [-0.2, -0.15) is 0 Å². The van der Waals surface area contributed by atoms with Crippen LogP contribution in [0.5, 0.6) is 0 Å². The van der Waals surface area contributed by atoms with Crippen molar-refractivity contribution in [2.24, 2.45) is 0 Å². The summed E-state index contributed by atoms with van der Waals surface area (Å²) >= 11 is 1.13. The van der Waals surface area contributed by atoms with E-state index in [0.717, 1.165) is 28.5 Å². The minimum absolute atomic E-state index is 0.0374. The molecule has 4 rings (SSSR count). The van der Waals surface area contributed by atoms with Crippen LogP contribution in [0.4, 0.5) is 6.01 Å². The maximum Gasteiger partial charge on any atom is 0.322 e. The first-order valence-corrected chi connectivity index (χ1v) is 9.38. The average molecular weight is 393 g/mol. The first-order valence-electron chi connectivity index (χ1n) is 8.39. The number of aromatic nitrogens is 4. The molecule has 1 amide bonds. The van der Waals surface area contributed by atoms with Gasteiger partial charge in [0.05, 0.1) is 5.75 Å². The van der Waals surface area contributed by atoms with Gasteiger partial charge in [-0.3, -0.25) is 10.1 Å². The second kappa shape index (κ2) is 8.05. The summed E-state index contributed by atoms with van der Waals surface area (Å²) in [5.74, 6) is 0.501. The Morgan fingerprint density at radius 3 is 2.50 bits per heavy atom. The lowest BCUT2D eigenvalue weighted by atomic mass is 10.1. The van der Waals surface area contributed by atoms with Crippen LogP contribution < -0.4 is 5.32 Å². The third kappa shape index (κ3) is 4.26. The highest BCUT2D eigenvalue weighted by Gasteiger charge is 2.14. The van der Waals surface area contributed by atoms with Crippen LogP contribution in [0.15, 0.2) is 68.7 Å². The Balaban J connectivity index is 1.33. The summed E-state index contributed by atoms with van der Waals surface area (Å²) in [5.41, 5.74) is 2.71. The molecule has 0 saturated heterocycles. The zero-order valence-electron chi connectivity index (χ0n) is 14.8. The Hall–Kier alpha value is -3.46. The van der Waals surface area contributed by atoms with E-state index in [1.165, 1.54) is 0 Å². The molecule has 8 nitrogen and oxygen atoms in total. The third-order valence-electron chi connectivity index (χ3n) is 3.69. The molecular formula is C19H15N5O3S. The standard InChI is InChI=1S/C19H15N5O3S/c1-12-6-5-9-14(10-12)17-22-24-19(27-17)28-11-15(25)20-18-23-21-16(26-18)13-7-3-2-4-8-13/h2-10H,11H2,1H3,(H,20,23,25). The number of nitrogens with one attached hydrogen (secondary N) is 1. The van der Waals surface area contributed by atoms with Crippen molar-refractivity contribution in [3.63, 3.8) is 0 Å². The highest BCUT2D eigenvalue weighted by atomic mass is 32.2. The van der Waals surface area contributed by atoms with Crippen molar-refractivity contribution >= 4 is 23.7 Å². The first-order chi connectivity index (χ1) is 13.7. The number of hydrogen-bond donors (Lipinski definition) is 1. The molecule has 9 heteroatoms. The molecule has 2 aromatic carbocycles. The molecule has 0 saturated carbocycles. The second-order valence-corrected chi connectivity index (χ2v) is 6.78. The lowest BCUT2D eigenvalue weighted by molar-refractivity contribution is -0.113. The van der Waals surface area contributed by atoms with Crippen molar-refractivity contribution in [1.29, 1.82) is 0 Å². The maximum absolute atomic E-state index is 12.1. The molecule has 4 aromatic rings. The monoisotopic (exact) mass is 393 g/mol. The number of aryl methyl sites for hydroxylation is 1. The molecule has 0 fully saturated rings. The van der Waals surface area contributed by atoms with Crippen molar-refractivity contribution in [2.75, 3.05) is 11.1 Å². The molecule has 0 aliphatic heterocycles. The van der Waals surface area contributed by atoms with E-state index in [1.54, 1.807) is 0 Å². The van der Waals surface area contributed by atoms with E-state index in [4.69, 9.17) is 8.83 Å². The molecule has 0 atom stereocenters. The third-order valence-corrected chi connectivity index (χ3v) is 4.51. The van der Waals surface area contributed by atoms with Crippen molar-refractivity contribution < 1.29 is 13.6 Å². The molecule has 0 radical (unpaired) electrons. The summed E-state index contributed by atoms with van der Waals surface area (Å²) in [5, 5.41) is 18.6. The Labute approximate surface area is 164 Å². The van der Waals surface area contributed by atoms with Crippen LogP contribution in [0, 0.1) is 6.92 Å². The van der Waals surface area contributed by atoms with Crippen LogP contribution in [-0.2, 0) is 4.79 Å². The van der Waals surface area contributed by atoms with Crippen LogP contribution >= 0.6 is 11.8 Å². The zero-order valence-corrected chi connectivity index (χ0v) is 15.6. The van der Waals surface area contributed by atoms with Gasteiger partial charge in [0.2, 0.25) is 17.7 Å². The minimum atomic E-state index is -0.316. The average Bonchev–Trinajstić information content (AvgIpc) is 3.37. The lowest BCUT2D eigenvalue weighted by Gasteiger charge is -1.98. The highest BCUT2D eigenvalue weighted by molar-refractivity contribution is 7.99. The summed E-state index contributed by atoms with van der Waals surface area (Å²) in [4.78, 5) is 12.1. The van der Waals surface area contributed by atoms with Gasteiger partial charge < -0.3 is 8.83 Å². The van der Waals surface area contributed by atoms with Gasteiger partial charge in [0.25, 0.3) is 5.22 Å². The number of rotatable bonds is 6. The summed E-state index contributed by atoms with van der Waals surface area (Å²) < 4.78 is 11.0. The molecule has 140 valence electrons. The number of amides is 1. The predicted molar refractivity (Wildman–Crippen MR) is 104 cm³/mol. The van der Waals surface area contributed by atoms with Gasteiger partial charge in [-0.05, 0) is 31.2 Å². The number of thioether (sulfide) groups is 1. The Morgan fingerprint density at radius 2 is 1.68 bits per heavy atom. The topological polar surface area (TPSA) is 107 Å². The molecule has 28 heavy (non-hydrogen) atoms. The molecular weight excluding hydrogens is 378 g/mol. The highest BCUT2D eigenvalue weighted by Crippen LogP contribution is 2.24. The summed E-state index contributed by atoms with van der Waals surface area (Å²) in [6, 6.07) is 17.1. The van der Waals surface area contributed by atoms with Gasteiger partial charge >= 0.3 is 6.01 Å². The molecule has 0 aliphatic carbocycles. The van der Waals surface area contributed by atoms with E-state index < -0.39 is 0 Å². The second-order valence-electron chi connectivity index (χ2n) is 5.86. The summed E-state index contributed by atoms with van der Waals surface area (Å²) in [7, 11) is 0. The van der Waals surface area contributed by atoms with E-state index in [9.17, 15) is 4.79 Å².